The molecule has 164 valence electrons. The van der Waals surface area contributed by atoms with Crippen LogP contribution in [0.4, 0.5) is 5.69 Å². The molecule has 3 rings (SSSR count). The van der Waals surface area contributed by atoms with Crippen LogP contribution in [-0.4, -0.2) is 89.5 Å². The van der Waals surface area contributed by atoms with E-state index in [1.807, 2.05) is 17.0 Å². The van der Waals surface area contributed by atoms with Gasteiger partial charge in [-0.2, -0.15) is 5.10 Å². The molecule has 4 N–H and O–H groups in total. The third-order valence-corrected chi connectivity index (χ3v) is 6.32. The van der Waals surface area contributed by atoms with E-state index < -0.39 is 23.9 Å². The molecule has 2 aliphatic heterocycles. The van der Waals surface area contributed by atoms with Gasteiger partial charge in [-0.1, -0.05) is 12.1 Å². The van der Waals surface area contributed by atoms with Crippen molar-refractivity contribution in [1.29, 1.82) is 0 Å². The highest BCUT2D eigenvalue weighted by Gasteiger charge is 2.38. The lowest BCUT2D eigenvalue weighted by Gasteiger charge is -2.44. The van der Waals surface area contributed by atoms with Gasteiger partial charge in [0.15, 0.2) is 0 Å². The van der Waals surface area contributed by atoms with Crippen molar-refractivity contribution in [3.05, 3.63) is 29.8 Å². The van der Waals surface area contributed by atoms with Crippen molar-refractivity contribution in [3.8, 4) is 0 Å². The van der Waals surface area contributed by atoms with E-state index in [-0.39, 0.29) is 0 Å². The number of nitrogens with two attached hydrogens (primary N) is 1. The molecule has 2 atom stereocenters. The van der Waals surface area contributed by atoms with Gasteiger partial charge in [0.25, 0.3) is 0 Å². The molecule has 2 heterocycles. The van der Waals surface area contributed by atoms with Crippen molar-refractivity contribution in [2.24, 2.45) is 16.9 Å². The lowest BCUT2D eigenvalue weighted by Crippen LogP contribution is -2.56. The van der Waals surface area contributed by atoms with Gasteiger partial charge >= 0.3 is 11.9 Å². The first-order valence-corrected chi connectivity index (χ1v) is 10.4. The SMILES string of the molecule is CC(C(=O)O)C(C(=O)O)N1CCC(N2CCN(c3ccc(C=NN)cc3)CC2)CC1. The monoisotopic (exact) mass is 417 g/mol. The van der Waals surface area contributed by atoms with Crippen LogP contribution in [0.15, 0.2) is 29.4 Å². The summed E-state index contributed by atoms with van der Waals surface area (Å²) < 4.78 is 0. The summed E-state index contributed by atoms with van der Waals surface area (Å²) >= 11 is 0. The number of hydrogen-bond acceptors (Lipinski definition) is 7. The van der Waals surface area contributed by atoms with Gasteiger partial charge in [0.05, 0.1) is 12.1 Å². The molecule has 0 aromatic heterocycles. The Hall–Kier alpha value is -2.65. The van der Waals surface area contributed by atoms with Gasteiger partial charge in [0.2, 0.25) is 0 Å². The van der Waals surface area contributed by atoms with E-state index in [0.29, 0.717) is 19.1 Å². The van der Waals surface area contributed by atoms with Crippen molar-refractivity contribution in [2.45, 2.75) is 31.8 Å². The first kappa shape index (κ1) is 22.0. The number of nitrogens with zero attached hydrogens (tertiary/aromatic N) is 4. The van der Waals surface area contributed by atoms with Gasteiger partial charge in [0, 0.05) is 51.0 Å². The number of carboxylic acid groups (broad SMARTS) is 2. The minimum absolute atomic E-state index is 0.418. The van der Waals surface area contributed by atoms with Gasteiger partial charge in [-0.25, -0.2) is 0 Å². The van der Waals surface area contributed by atoms with Crippen molar-refractivity contribution in [2.75, 3.05) is 44.2 Å². The second kappa shape index (κ2) is 9.90. The fraction of sp³-hybridized carbons (Fsp3) is 0.571. The maximum atomic E-state index is 11.6. The molecule has 2 fully saturated rings. The number of aliphatic carboxylic acids is 2. The number of likely N-dealkylation sites (tertiary alicyclic amines) is 1. The van der Waals surface area contributed by atoms with Gasteiger partial charge < -0.3 is 21.0 Å². The number of anilines is 1. The summed E-state index contributed by atoms with van der Waals surface area (Å²) in [5.74, 6) is 2.14. The number of hydrazone groups is 1. The minimum atomic E-state index is -1.07. The summed E-state index contributed by atoms with van der Waals surface area (Å²) in [6.45, 7) is 6.51. The first-order valence-electron chi connectivity index (χ1n) is 10.4. The van der Waals surface area contributed by atoms with Crippen molar-refractivity contribution in [1.82, 2.24) is 9.80 Å². The summed E-state index contributed by atoms with van der Waals surface area (Å²) in [7, 11) is 0. The maximum absolute atomic E-state index is 11.6. The quantitative estimate of drug-likeness (QED) is 0.337. The van der Waals surface area contributed by atoms with E-state index in [0.717, 1.165) is 44.6 Å². The van der Waals surface area contributed by atoms with Gasteiger partial charge in [-0.3, -0.25) is 19.4 Å². The number of piperazine rings is 1. The van der Waals surface area contributed by atoms with Crippen molar-refractivity contribution in [3.63, 3.8) is 0 Å². The van der Waals surface area contributed by atoms with Crippen LogP contribution in [0, 0.1) is 5.92 Å². The molecule has 0 spiro atoms. The molecule has 2 saturated heterocycles. The summed E-state index contributed by atoms with van der Waals surface area (Å²) in [6.07, 6.45) is 3.35. The van der Waals surface area contributed by atoms with Gasteiger partial charge in [-0.05, 0) is 37.5 Å². The largest absolute Gasteiger partial charge is 0.481 e. The number of benzene rings is 1. The molecule has 9 heteroatoms. The van der Waals surface area contributed by atoms with Gasteiger partial charge in [0.1, 0.15) is 6.04 Å². The summed E-state index contributed by atoms with van der Waals surface area (Å²) in [4.78, 5) is 29.6. The predicted molar refractivity (Wildman–Crippen MR) is 115 cm³/mol. The number of carbonyl (C=O) groups is 2. The first-order chi connectivity index (χ1) is 14.4. The zero-order valence-electron chi connectivity index (χ0n) is 17.4. The van der Waals surface area contributed by atoms with Crippen LogP contribution in [0.3, 0.4) is 0 Å². The van der Waals surface area contributed by atoms with Crippen LogP contribution in [0.2, 0.25) is 0 Å². The predicted octanol–water partition coefficient (Wildman–Crippen LogP) is 0.740. The molecule has 2 aliphatic rings. The van der Waals surface area contributed by atoms with E-state index in [1.165, 1.54) is 12.6 Å². The Kier molecular flexibility index (Phi) is 7.28. The lowest BCUT2D eigenvalue weighted by molar-refractivity contribution is -0.155. The second-order valence-corrected chi connectivity index (χ2v) is 8.07. The van der Waals surface area contributed by atoms with E-state index in [9.17, 15) is 19.8 Å². The van der Waals surface area contributed by atoms with Gasteiger partial charge in [-0.15, -0.1) is 0 Å². The molecular formula is C21H31N5O4. The highest BCUT2D eigenvalue weighted by molar-refractivity contribution is 5.82. The molecule has 1 aromatic carbocycles. The Bertz CT molecular complexity index is 753. The Morgan fingerprint density at radius 1 is 1.03 bits per heavy atom. The summed E-state index contributed by atoms with van der Waals surface area (Å²) in [6, 6.07) is 7.63. The van der Waals surface area contributed by atoms with Crippen LogP contribution >= 0.6 is 0 Å². The van der Waals surface area contributed by atoms with Crippen molar-refractivity contribution >= 4 is 23.8 Å². The molecule has 9 nitrogen and oxygen atoms in total. The van der Waals surface area contributed by atoms with E-state index in [1.54, 1.807) is 6.21 Å². The van der Waals surface area contributed by atoms with Crippen LogP contribution in [0.1, 0.15) is 25.3 Å². The Morgan fingerprint density at radius 2 is 1.63 bits per heavy atom. The average Bonchev–Trinajstić information content (AvgIpc) is 2.75. The van der Waals surface area contributed by atoms with Crippen LogP contribution in [0.5, 0.6) is 0 Å². The van der Waals surface area contributed by atoms with E-state index in [2.05, 4.69) is 27.0 Å². The molecular weight excluding hydrogens is 386 g/mol. The third kappa shape index (κ3) is 5.09. The molecule has 0 amide bonds. The topological polar surface area (TPSA) is 123 Å². The highest BCUT2D eigenvalue weighted by atomic mass is 16.4. The van der Waals surface area contributed by atoms with Crippen LogP contribution in [0.25, 0.3) is 0 Å². The maximum Gasteiger partial charge on any atom is 0.321 e. The highest BCUT2D eigenvalue weighted by Crippen LogP contribution is 2.24. The molecule has 0 radical (unpaired) electrons. The number of piperidine rings is 1. The molecule has 2 unspecified atom stereocenters. The van der Waals surface area contributed by atoms with Crippen LogP contribution in [-0.2, 0) is 9.59 Å². The Labute approximate surface area is 176 Å². The van der Waals surface area contributed by atoms with Crippen LogP contribution < -0.4 is 10.7 Å². The smallest absolute Gasteiger partial charge is 0.321 e. The average molecular weight is 418 g/mol. The fourth-order valence-corrected chi connectivity index (χ4v) is 4.55. The Morgan fingerprint density at radius 3 is 2.13 bits per heavy atom. The lowest BCUT2D eigenvalue weighted by atomic mass is 9.95. The molecule has 30 heavy (non-hydrogen) atoms. The molecule has 0 bridgehead atoms. The fourth-order valence-electron chi connectivity index (χ4n) is 4.55. The van der Waals surface area contributed by atoms with E-state index in [4.69, 9.17) is 5.84 Å². The normalized spacial score (nSPS) is 21.6. The number of hydrogen-bond donors (Lipinski definition) is 3. The second-order valence-electron chi connectivity index (χ2n) is 8.07. The number of rotatable bonds is 7. The minimum Gasteiger partial charge on any atom is -0.481 e. The molecule has 0 aliphatic carbocycles. The third-order valence-electron chi connectivity index (χ3n) is 6.32. The summed E-state index contributed by atoms with van der Waals surface area (Å²) in [5.41, 5.74) is 2.16. The molecule has 0 saturated carbocycles. The van der Waals surface area contributed by atoms with Crippen molar-refractivity contribution < 1.29 is 19.8 Å². The zero-order chi connectivity index (χ0) is 21.7. The Balaban J connectivity index is 1.50. The number of carboxylic acids is 2. The van der Waals surface area contributed by atoms with E-state index >= 15 is 0 Å². The zero-order valence-corrected chi connectivity index (χ0v) is 17.4. The summed E-state index contributed by atoms with van der Waals surface area (Å²) in [5, 5.41) is 22.3. The molecule has 1 aromatic rings. The standard InChI is InChI=1S/C21H31N5O4/c1-15(20(27)28)19(21(29)30)26-8-6-18(7-9-26)25-12-10-24(11-13-25)17-4-2-16(3-5-17)14-23-22/h2-5,14-15,18-19H,6-13,22H2,1H3,(H,27,28)(H,29,30).